The van der Waals surface area contributed by atoms with Gasteiger partial charge < -0.3 is 9.32 Å². The molecule has 1 heterocycles. The van der Waals surface area contributed by atoms with Gasteiger partial charge in [0.25, 0.3) is 0 Å². The lowest BCUT2D eigenvalue weighted by Gasteiger charge is -2.28. The predicted molar refractivity (Wildman–Crippen MR) is 196 cm³/mol. The molecular weight excluding hydrogens is 558 g/mol. The first kappa shape index (κ1) is 25.2. The van der Waals surface area contributed by atoms with Crippen molar-refractivity contribution in [3.8, 4) is 0 Å². The summed E-state index contributed by atoms with van der Waals surface area (Å²) in [6, 6.07) is 59.3. The summed E-state index contributed by atoms with van der Waals surface area (Å²) >= 11 is 0. The largest absolute Gasteiger partial charge is 0.455 e. The van der Waals surface area contributed by atoms with Crippen molar-refractivity contribution in [2.75, 3.05) is 4.90 Å². The zero-order valence-corrected chi connectivity index (χ0v) is 24.9. The van der Waals surface area contributed by atoms with Gasteiger partial charge in [0.1, 0.15) is 11.2 Å². The van der Waals surface area contributed by atoms with Crippen LogP contribution in [-0.2, 0) is 0 Å². The maximum Gasteiger partial charge on any atom is 0.143 e. The van der Waals surface area contributed by atoms with Gasteiger partial charge in [-0.3, -0.25) is 0 Å². The van der Waals surface area contributed by atoms with Gasteiger partial charge in [0.05, 0.1) is 5.69 Å². The summed E-state index contributed by atoms with van der Waals surface area (Å²) in [6.45, 7) is 0. The van der Waals surface area contributed by atoms with E-state index in [-0.39, 0.29) is 0 Å². The number of benzene rings is 9. The molecule has 0 amide bonds. The molecular formula is C44H27NO. The Kier molecular flexibility index (Phi) is 5.31. The van der Waals surface area contributed by atoms with Crippen LogP contribution in [0.1, 0.15) is 0 Å². The Hall–Kier alpha value is -6.12. The molecule has 0 unspecified atom stereocenters. The maximum absolute atomic E-state index is 6.41. The van der Waals surface area contributed by atoms with E-state index < -0.39 is 0 Å². The Labute approximate surface area is 265 Å². The molecule has 2 nitrogen and oxygen atoms in total. The fraction of sp³-hybridized carbons (Fsp3) is 0. The minimum atomic E-state index is 0.919. The van der Waals surface area contributed by atoms with Gasteiger partial charge in [-0.05, 0) is 91.6 Å². The van der Waals surface area contributed by atoms with Gasteiger partial charge in [0.15, 0.2) is 0 Å². The number of para-hydroxylation sites is 1. The predicted octanol–water partition coefficient (Wildman–Crippen LogP) is 12.8. The molecule has 0 aliphatic carbocycles. The highest BCUT2D eigenvalue weighted by Crippen LogP contribution is 2.44. The molecule has 0 saturated heterocycles. The van der Waals surface area contributed by atoms with Gasteiger partial charge in [-0.15, -0.1) is 0 Å². The summed E-state index contributed by atoms with van der Waals surface area (Å²) in [4.78, 5) is 2.42. The Morgan fingerprint density at radius 2 is 0.826 bits per heavy atom. The summed E-state index contributed by atoms with van der Waals surface area (Å²) in [5.74, 6) is 0. The quantitative estimate of drug-likeness (QED) is 0.192. The number of anilines is 3. The van der Waals surface area contributed by atoms with E-state index in [1.807, 2.05) is 12.1 Å². The summed E-state index contributed by atoms with van der Waals surface area (Å²) in [5, 5.41) is 14.5. The van der Waals surface area contributed by atoms with E-state index in [9.17, 15) is 0 Å². The Morgan fingerprint density at radius 3 is 1.63 bits per heavy atom. The number of hydrogen-bond acceptors (Lipinski definition) is 2. The third kappa shape index (κ3) is 3.71. The monoisotopic (exact) mass is 585 g/mol. The Morgan fingerprint density at radius 1 is 0.326 bits per heavy atom. The molecule has 1 aromatic heterocycles. The first-order valence-corrected chi connectivity index (χ1v) is 15.8. The van der Waals surface area contributed by atoms with Crippen LogP contribution in [-0.4, -0.2) is 0 Å². The lowest BCUT2D eigenvalue weighted by atomic mass is 9.97. The topological polar surface area (TPSA) is 16.4 Å². The van der Waals surface area contributed by atoms with E-state index in [0.29, 0.717) is 0 Å². The molecule has 0 atom stereocenters. The van der Waals surface area contributed by atoms with E-state index in [1.54, 1.807) is 0 Å². The summed E-state index contributed by atoms with van der Waals surface area (Å²) in [6.07, 6.45) is 0. The lowest BCUT2D eigenvalue weighted by Crippen LogP contribution is -2.10. The van der Waals surface area contributed by atoms with Crippen molar-refractivity contribution in [1.82, 2.24) is 0 Å². The molecule has 10 rings (SSSR count). The minimum Gasteiger partial charge on any atom is -0.455 e. The van der Waals surface area contributed by atoms with Crippen LogP contribution in [0.25, 0.3) is 75.8 Å². The second-order valence-corrected chi connectivity index (χ2v) is 12.1. The van der Waals surface area contributed by atoms with E-state index in [1.165, 1.54) is 43.1 Å². The second-order valence-electron chi connectivity index (χ2n) is 12.1. The molecule has 0 saturated carbocycles. The highest BCUT2D eigenvalue weighted by atomic mass is 16.3. The lowest BCUT2D eigenvalue weighted by molar-refractivity contribution is 0.672. The van der Waals surface area contributed by atoms with Crippen molar-refractivity contribution >= 4 is 92.9 Å². The number of furan rings is 1. The van der Waals surface area contributed by atoms with Crippen molar-refractivity contribution in [2.24, 2.45) is 0 Å². The van der Waals surface area contributed by atoms with Crippen molar-refractivity contribution < 1.29 is 4.42 Å². The van der Waals surface area contributed by atoms with E-state index in [2.05, 4.69) is 157 Å². The molecule has 0 fully saturated rings. The Balaban J connectivity index is 1.26. The molecule has 214 valence electrons. The molecule has 9 aromatic carbocycles. The zero-order valence-electron chi connectivity index (χ0n) is 24.9. The second kappa shape index (κ2) is 9.69. The van der Waals surface area contributed by atoms with Gasteiger partial charge in [0.2, 0.25) is 0 Å². The Bertz CT molecular complexity index is 2820. The SMILES string of the molecule is c1ccc2c(c1)ccc1cc(N(c3ccc4c(ccc5c6ccccc6oc45)c3)c3cc4ccccc4c4ccccc34)ccc12. The van der Waals surface area contributed by atoms with Crippen LogP contribution in [0.5, 0.6) is 0 Å². The zero-order chi connectivity index (χ0) is 30.2. The average molecular weight is 586 g/mol. The fourth-order valence-corrected chi connectivity index (χ4v) is 7.42. The van der Waals surface area contributed by atoms with E-state index in [0.717, 1.165) is 49.8 Å². The van der Waals surface area contributed by atoms with Gasteiger partial charge in [-0.2, -0.15) is 0 Å². The van der Waals surface area contributed by atoms with Crippen LogP contribution >= 0.6 is 0 Å². The molecule has 0 N–H and O–H groups in total. The fourth-order valence-electron chi connectivity index (χ4n) is 7.42. The molecule has 0 radical (unpaired) electrons. The van der Waals surface area contributed by atoms with Crippen LogP contribution in [0.3, 0.4) is 0 Å². The van der Waals surface area contributed by atoms with Gasteiger partial charge in [-0.1, -0.05) is 115 Å². The smallest absolute Gasteiger partial charge is 0.143 e. The van der Waals surface area contributed by atoms with E-state index in [4.69, 9.17) is 4.42 Å². The standard InChI is InChI=1S/C44H27NO/c1-3-11-34-28(9-1)17-18-30-25-32(20-23-36(30)34)45(42-27-29-10-2-4-12-35(29)38-13-5-6-14-39(38)42)33-21-24-37-31(26-33)19-22-41-40-15-7-8-16-43(40)46-44(37)41/h1-27H. The number of fused-ring (bicyclic) bond motifs is 11. The summed E-state index contributed by atoms with van der Waals surface area (Å²) in [7, 11) is 0. The molecule has 0 aliphatic rings. The molecule has 0 bridgehead atoms. The van der Waals surface area contributed by atoms with Crippen LogP contribution < -0.4 is 4.90 Å². The first-order valence-electron chi connectivity index (χ1n) is 15.8. The molecule has 0 spiro atoms. The van der Waals surface area contributed by atoms with Crippen LogP contribution in [0, 0.1) is 0 Å². The highest BCUT2D eigenvalue weighted by Gasteiger charge is 2.19. The first-order chi connectivity index (χ1) is 22.8. The molecule has 0 aliphatic heterocycles. The van der Waals surface area contributed by atoms with Crippen LogP contribution in [0.15, 0.2) is 168 Å². The van der Waals surface area contributed by atoms with Crippen LogP contribution in [0.2, 0.25) is 0 Å². The van der Waals surface area contributed by atoms with Crippen molar-refractivity contribution in [3.63, 3.8) is 0 Å². The van der Waals surface area contributed by atoms with Gasteiger partial charge in [0, 0.05) is 32.9 Å². The normalized spacial score (nSPS) is 11.9. The number of nitrogens with zero attached hydrogens (tertiary/aromatic N) is 1. The van der Waals surface area contributed by atoms with Crippen molar-refractivity contribution in [2.45, 2.75) is 0 Å². The van der Waals surface area contributed by atoms with E-state index >= 15 is 0 Å². The number of rotatable bonds is 3. The van der Waals surface area contributed by atoms with Gasteiger partial charge >= 0.3 is 0 Å². The molecule has 2 heteroatoms. The molecule has 10 aromatic rings. The average Bonchev–Trinajstić information content (AvgIpc) is 3.51. The summed E-state index contributed by atoms with van der Waals surface area (Å²) in [5.41, 5.74) is 5.22. The maximum atomic E-state index is 6.41. The van der Waals surface area contributed by atoms with Crippen molar-refractivity contribution in [3.05, 3.63) is 164 Å². The van der Waals surface area contributed by atoms with Gasteiger partial charge in [-0.25, -0.2) is 0 Å². The summed E-state index contributed by atoms with van der Waals surface area (Å²) < 4.78 is 6.41. The number of hydrogen-bond donors (Lipinski definition) is 0. The third-order valence-corrected chi connectivity index (χ3v) is 9.58. The third-order valence-electron chi connectivity index (χ3n) is 9.58. The molecule has 46 heavy (non-hydrogen) atoms. The minimum absolute atomic E-state index is 0.919. The van der Waals surface area contributed by atoms with Crippen LogP contribution in [0.4, 0.5) is 17.1 Å². The highest BCUT2D eigenvalue weighted by molar-refractivity contribution is 6.17. The van der Waals surface area contributed by atoms with Crippen molar-refractivity contribution in [1.29, 1.82) is 0 Å².